The highest BCUT2D eigenvalue weighted by atomic mass is 32.2. The second-order valence-corrected chi connectivity index (χ2v) is 11.7. The standard InChI is InChI=1S/C30H32N4O7S/c1-39-25-17-23-24(18-26(25)40-2)32-30(36)28(23)29(20-7-5-4-6-8-20)31-21-9-11-22(12-10-21)34(42(3,37)38)19-27(35)33-13-15-41-16-14-33/h4-12,17-18,31H,13-16,19H2,1-3H3,(H,32,36)/b29-28-. The summed E-state index contributed by atoms with van der Waals surface area (Å²) in [5.41, 5.74) is 3.92. The molecule has 1 fully saturated rings. The van der Waals surface area contributed by atoms with Crippen molar-refractivity contribution in [3.63, 3.8) is 0 Å². The number of nitrogens with zero attached hydrogens (tertiary/aromatic N) is 2. The van der Waals surface area contributed by atoms with Crippen molar-refractivity contribution in [3.05, 3.63) is 77.9 Å². The van der Waals surface area contributed by atoms with E-state index in [9.17, 15) is 18.0 Å². The summed E-state index contributed by atoms with van der Waals surface area (Å²) in [5, 5.41) is 6.27. The number of sulfonamides is 1. The van der Waals surface area contributed by atoms with Crippen LogP contribution in [0.1, 0.15) is 11.1 Å². The van der Waals surface area contributed by atoms with E-state index in [2.05, 4.69) is 10.6 Å². The van der Waals surface area contributed by atoms with E-state index in [1.807, 2.05) is 30.3 Å². The number of methoxy groups -OCH3 is 2. The second kappa shape index (κ2) is 12.1. The molecule has 5 rings (SSSR count). The summed E-state index contributed by atoms with van der Waals surface area (Å²) in [5.74, 6) is 0.382. The molecule has 11 nitrogen and oxygen atoms in total. The zero-order valence-electron chi connectivity index (χ0n) is 23.5. The minimum absolute atomic E-state index is 0.292. The topological polar surface area (TPSA) is 127 Å². The molecule has 2 heterocycles. The summed E-state index contributed by atoms with van der Waals surface area (Å²) in [6.07, 6.45) is 1.07. The number of hydrogen-bond acceptors (Lipinski definition) is 8. The van der Waals surface area contributed by atoms with Crippen LogP contribution in [0.5, 0.6) is 11.5 Å². The van der Waals surface area contributed by atoms with Crippen molar-refractivity contribution in [2.45, 2.75) is 0 Å². The molecule has 2 aliphatic rings. The number of anilines is 3. The Morgan fingerprint density at radius 1 is 1.00 bits per heavy atom. The Bertz CT molecular complexity index is 1620. The molecule has 2 N–H and O–H groups in total. The van der Waals surface area contributed by atoms with Crippen molar-refractivity contribution in [1.29, 1.82) is 0 Å². The zero-order chi connectivity index (χ0) is 29.9. The first kappa shape index (κ1) is 29.0. The highest BCUT2D eigenvalue weighted by molar-refractivity contribution is 7.92. The Kier molecular flexibility index (Phi) is 8.36. The third-order valence-corrected chi connectivity index (χ3v) is 8.19. The van der Waals surface area contributed by atoms with Crippen molar-refractivity contribution >= 4 is 50.2 Å². The van der Waals surface area contributed by atoms with Crippen LogP contribution in [-0.4, -0.2) is 78.5 Å². The molecule has 0 unspecified atom stereocenters. The van der Waals surface area contributed by atoms with Crippen LogP contribution >= 0.6 is 0 Å². The van der Waals surface area contributed by atoms with Gasteiger partial charge in [-0.3, -0.25) is 13.9 Å². The number of hydrogen-bond donors (Lipinski definition) is 2. The largest absolute Gasteiger partial charge is 0.493 e. The molecule has 0 atom stereocenters. The highest BCUT2D eigenvalue weighted by Crippen LogP contribution is 2.43. The number of carbonyl (C=O) groups excluding carboxylic acids is 2. The second-order valence-electron chi connectivity index (χ2n) is 9.76. The third-order valence-electron chi connectivity index (χ3n) is 7.05. The lowest BCUT2D eigenvalue weighted by Gasteiger charge is -2.30. The molecule has 1 saturated heterocycles. The van der Waals surface area contributed by atoms with E-state index in [4.69, 9.17) is 14.2 Å². The molecule has 0 aliphatic carbocycles. The fourth-order valence-electron chi connectivity index (χ4n) is 4.92. The summed E-state index contributed by atoms with van der Waals surface area (Å²) in [6, 6.07) is 19.5. The third kappa shape index (κ3) is 6.04. The minimum atomic E-state index is -3.75. The number of amides is 2. The number of ether oxygens (including phenoxy) is 3. The van der Waals surface area contributed by atoms with Crippen molar-refractivity contribution in [2.24, 2.45) is 0 Å². The van der Waals surface area contributed by atoms with Gasteiger partial charge in [-0.1, -0.05) is 30.3 Å². The van der Waals surface area contributed by atoms with E-state index in [1.165, 1.54) is 14.2 Å². The molecule has 220 valence electrons. The lowest BCUT2D eigenvalue weighted by Crippen LogP contribution is -2.47. The van der Waals surface area contributed by atoms with Gasteiger partial charge < -0.3 is 29.7 Å². The summed E-state index contributed by atoms with van der Waals surface area (Å²) in [7, 11) is -0.686. The van der Waals surface area contributed by atoms with Crippen molar-refractivity contribution in [3.8, 4) is 11.5 Å². The first-order valence-electron chi connectivity index (χ1n) is 13.3. The van der Waals surface area contributed by atoms with Crippen LogP contribution in [0, 0.1) is 0 Å². The molecule has 0 aromatic heterocycles. The molecular formula is C30H32N4O7S. The van der Waals surface area contributed by atoms with Crippen LogP contribution in [0.25, 0.3) is 11.3 Å². The number of nitrogens with one attached hydrogen (secondary N) is 2. The van der Waals surface area contributed by atoms with Gasteiger partial charge in [0.25, 0.3) is 5.91 Å². The van der Waals surface area contributed by atoms with Gasteiger partial charge >= 0.3 is 0 Å². The van der Waals surface area contributed by atoms with Crippen LogP contribution < -0.4 is 24.4 Å². The van der Waals surface area contributed by atoms with Gasteiger partial charge in [-0.15, -0.1) is 0 Å². The van der Waals surface area contributed by atoms with E-state index in [0.29, 0.717) is 71.7 Å². The Hall–Kier alpha value is -4.55. The zero-order valence-corrected chi connectivity index (χ0v) is 24.4. The lowest BCUT2D eigenvalue weighted by molar-refractivity contribution is -0.133. The molecule has 3 aromatic carbocycles. The van der Waals surface area contributed by atoms with Crippen molar-refractivity contribution in [1.82, 2.24) is 4.90 Å². The van der Waals surface area contributed by atoms with Crippen molar-refractivity contribution in [2.75, 3.05) is 68.3 Å². The van der Waals surface area contributed by atoms with Crippen LogP contribution in [0.2, 0.25) is 0 Å². The van der Waals surface area contributed by atoms with E-state index >= 15 is 0 Å². The van der Waals surface area contributed by atoms with E-state index in [-0.39, 0.29) is 18.4 Å². The van der Waals surface area contributed by atoms with Crippen LogP contribution in [0.15, 0.2) is 66.7 Å². The number of fused-ring (bicyclic) bond motifs is 1. The maximum absolute atomic E-state index is 13.3. The highest BCUT2D eigenvalue weighted by Gasteiger charge is 2.31. The normalized spacial score (nSPS) is 15.9. The number of morpholine rings is 1. The summed E-state index contributed by atoms with van der Waals surface area (Å²) in [6.45, 7) is 1.38. The molecule has 2 amide bonds. The molecular weight excluding hydrogens is 560 g/mol. The van der Waals surface area contributed by atoms with Crippen LogP contribution in [-0.2, 0) is 24.3 Å². The molecule has 42 heavy (non-hydrogen) atoms. The van der Waals surface area contributed by atoms with Gasteiger partial charge in [0.15, 0.2) is 11.5 Å². The molecule has 0 radical (unpaired) electrons. The van der Waals surface area contributed by atoms with Gasteiger partial charge in [0.1, 0.15) is 6.54 Å². The van der Waals surface area contributed by atoms with Gasteiger partial charge in [-0.05, 0) is 35.9 Å². The van der Waals surface area contributed by atoms with E-state index in [0.717, 1.165) is 16.1 Å². The van der Waals surface area contributed by atoms with Crippen LogP contribution in [0.4, 0.5) is 17.1 Å². The van der Waals surface area contributed by atoms with Gasteiger partial charge in [0, 0.05) is 30.4 Å². The first-order chi connectivity index (χ1) is 20.2. The van der Waals surface area contributed by atoms with Gasteiger partial charge in [0.05, 0.1) is 56.3 Å². The Morgan fingerprint density at radius 2 is 1.64 bits per heavy atom. The molecule has 2 aliphatic heterocycles. The number of carbonyl (C=O) groups is 2. The fraction of sp³-hybridized carbons (Fsp3) is 0.267. The fourth-order valence-corrected chi connectivity index (χ4v) is 5.77. The lowest BCUT2D eigenvalue weighted by atomic mass is 9.99. The predicted molar refractivity (Wildman–Crippen MR) is 161 cm³/mol. The van der Waals surface area contributed by atoms with Gasteiger partial charge in [0.2, 0.25) is 15.9 Å². The Balaban J connectivity index is 1.49. The molecule has 12 heteroatoms. The molecule has 0 saturated carbocycles. The summed E-state index contributed by atoms with van der Waals surface area (Å²) in [4.78, 5) is 27.8. The molecule has 0 spiro atoms. The summed E-state index contributed by atoms with van der Waals surface area (Å²) >= 11 is 0. The van der Waals surface area contributed by atoms with Gasteiger partial charge in [-0.2, -0.15) is 0 Å². The Morgan fingerprint density at radius 3 is 2.26 bits per heavy atom. The SMILES string of the molecule is COc1cc2c(cc1OC)/C(=C(/Nc1ccc(N(CC(=O)N3CCOCC3)S(C)(=O)=O)cc1)c1ccccc1)C(=O)N2. The predicted octanol–water partition coefficient (Wildman–Crippen LogP) is 3.26. The number of rotatable bonds is 9. The van der Waals surface area contributed by atoms with Crippen LogP contribution in [0.3, 0.4) is 0 Å². The molecule has 0 bridgehead atoms. The quantitative estimate of drug-likeness (QED) is 0.363. The molecule has 3 aromatic rings. The smallest absolute Gasteiger partial charge is 0.258 e. The Labute approximate surface area is 244 Å². The van der Waals surface area contributed by atoms with Gasteiger partial charge in [-0.25, -0.2) is 8.42 Å². The monoisotopic (exact) mass is 592 g/mol. The van der Waals surface area contributed by atoms with E-state index in [1.54, 1.807) is 41.3 Å². The number of benzene rings is 3. The summed E-state index contributed by atoms with van der Waals surface area (Å²) < 4.78 is 42.6. The average molecular weight is 593 g/mol. The first-order valence-corrected chi connectivity index (χ1v) is 15.1. The van der Waals surface area contributed by atoms with Crippen molar-refractivity contribution < 1.29 is 32.2 Å². The maximum Gasteiger partial charge on any atom is 0.258 e. The maximum atomic E-state index is 13.3. The minimum Gasteiger partial charge on any atom is -0.493 e. The van der Waals surface area contributed by atoms with E-state index < -0.39 is 10.0 Å². The average Bonchev–Trinajstić information content (AvgIpc) is 3.32.